The van der Waals surface area contributed by atoms with Gasteiger partial charge in [0.25, 0.3) is 5.91 Å². The molecule has 1 amide bonds. The highest BCUT2D eigenvalue weighted by molar-refractivity contribution is 6.30. The summed E-state index contributed by atoms with van der Waals surface area (Å²) in [5.74, 6) is -0.0848. The van der Waals surface area contributed by atoms with Gasteiger partial charge in [-0.1, -0.05) is 24.6 Å². The van der Waals surface area contributed by atoms with E-state index in [0.29, 0.717) is 23.6 Å². The van der Waals surface area contributed by atoms with Gasteiger partial charge in [-0.15, -0.1) is 0 Å². The molecule has 1 aromatic carbocycles. The number of hydrogen-bond acceptors (Lipinski definition) is 4. The summed E-state index contributed by atoms with van der Waals surface area (Å²) in [7, 11) is 0. The van der Waals surface area contributed by atoms with E-state index in [2.05, 4.69) is 15.3 Å². The van der Waals surface area contributed by atoms with E-state index >= 15 is 0 Å². The van der Waals surface area contributed by atoms with Crippen LogP contribution >= 0.6 is 11.6 Å². The Kier molecular flexibility index (Phi) is 6.07. The minimum absolute atomic E-state index is 0.0848. The molecule has 0 radical (unpaired) electrons. The molecule has 6 nitrogen and oxygen atoms in total. The summed E-state index contributed by atoms with van der Waals surface area (Å²) in [6.07, 6.45) is 2.34. The van der Waals surface area contributed by atoms with Gasteiger partial charge in [-0.05, 0) is 24.6 Å². The average Bonchev–Trinajstić information content (AvgIpc) is 3.06. The average molecular weight is 363 g/mol. The van der Waals surface area contributed by atoms with Crippen molar-refractivity contribution in [3.8, 4) is 5.69 Å². The van der Waals surface area contributed by atoms with Crippen LogP contribution in [0.5, 0.6) is 0 Å². The van der Waals surface area contributed by atoms with Gasteiger partial charge in [0, 0.05) is 31.2 Å². The van der Waals surface area contributed by atoms with Gasteiger partial charge in [0.2, 0.25) is 0 Å². The quantitative estimate of drug-likeness (QED) is 0.855. The second-order valence-electron chi connectivity index (χ2n) is 5.96. The summed E-state index contributed by atoms with van der Waals surface area (Å²) < 4.78 is 7.11. The monoisotopic (exact) mass is 362 g/mol. The third kappa shape index (κ3) is 4.39. The lowest BCUT2D eigenvalue weighted by molar-refractivity contribution is 0.0383. The Morgan fingerprint density at radius 3 is 2.88 bits per heavy atom. The van der Waals surface area contributed by atoms with Crippen molar-refractivity contribution < 1.29 is 9.53 Å². The van der Waals surface area contributed by atoms with Crippen molar-refractivity contribution in [1.82, 2.24) is 20.0 Å². The number of carbonyl (C=O) groups excluding carboxylic acids is 1. The SMILES string of the molecule is CCc1c(C(=O)NCCN2CCOCC2)cnn1-c1cccc(Cl)c1. The summed E-state index contributed by atoms with van der Waals surface area (Å²) >= 11 is 6.07. The van der Waals surface area contributed by atoms with Crippen molar-refractivity contribution in [3.63, 3.8) is 0 Å². The number of ether oxygens (including phenoxy) is 1. The number of halogens is 1. The molecule has 1 N–H and O–H groups in total. The van der Waals surface area contributed by atoms with Crippen LogP contribution in [0.25, 0.3) is 5.69 Å². The van der Waals surface area contributed by atoms with Crippen LogP contribution in [-0.2, 0) is 11.2 Å². The molecule has 3 rings (SSSR count). The van der Waals surface area contributed by atoms with Crippen LogP contribution in [0, 0.1) is 0 Å². The summed E-state index contributed by atoms with van der Waals surface area (Å²) in [5.41, 5.74) is 2.35. The van der Waals surface area contributed by atoms with Gasteiger partial charge in [-0.2, -0.15) is 5.10 Å². The fourth-order valence-electron chi connectivity index (χ4n) is 2.98. The van der Waals surface area contributed by atoms with Gasteiger partial charge in [0.15, 0.2) is 0 Å². The Labute approximate surface area is 152 Å². The topological polar surface area (TPSA) is 59.4 Å². The lowest BCUT2D eigenvalue weighted by atomic mass is 10.2. The normalized spacial score (nSPS) is 15.3. The number of aromatic nitrogens is 2. The fourth-order valence-corrected chi connectivity index (χ4v) is 3.17. The van der Waals surface area contributed by atoms with Crippen LogP contribution in [0.3, 0.4) is 0 Å². The zero-order valence-corrected chi connectivity index (χ0v) is 15.1. The summed E-state index contributed by atoms with van der Waals surface area (Å²) in [6, 6.07) is 7.46. The highest BCUT2D eigenvalue weighted by Gasteiger charge is 2.17. The molecular formula is C18H23ClN4O2. The molecule has 1 fully saturated rings. The molecule has 0 unspecified atom stereocenters. The predicted octanol–water partition coefficient (Wildman–Crippen LogP) is 2.15. The molecule has 0 atom stereocenters. The second kappa shape index (κ2) is 8.47. The zero-order chi connectivity index (χ0) is 17.6. The largest absolute Gasteiger partial charge is 0.379 e. The number of morpholine rings is 1. The van der Waals surface area contributed by atoms with Crippen molar-refractivity contribution in [2.45, 2.75) is 13.3 Å². The van der Waals surface area contributed by atoms with Gasteiger partial charge >= 0.3 is 0 Å². The fraction of sp³-hybridized carbons (Fsp3) is 0.444. The van der Waals surface area contributed by atoms with Crippen molar-refractivity contribution in [2.24, 2.45) is 0 Å². The Morgan fingerprint density at radius 1 is 1.36 bits per heavy atom. The van der Waals surface area contributed by atoms with Crippen LogP contribution in [0.1, 0.15) is 23.0 Å². The van der Waals surface area contributed by atoms with Crippen LogP contribution in [0.15, 0.2) is 30.5 Å². The Bertz CT molecular complexity index is 726. The molecule has 2 aromatic rings. The lowest BCUT2D eigenvalue weighted by Crippen LogP contribution is -2.41. The van der Waals surface area contributed by atoms with Crippen molar-refractivity contribution >= 4 is 17.5 Å². The van der Waals surface area contributed by atoms with Crippen molar-refractivity contribution in [2.75, 3.05) is 39.4 Å². The molecule has 1 aliphatic rings. The van der Waals surface area contributed by atoms with Crippen molar-refractivity contribution in [3.05, 3.63) is 46.7 Å². The van der Waals surface area contributed by atoms with E-state index < -0.39 is 0 Å². The van der Waals surface area contributed by atoms with Gasteiger partial charge in [0.1, 0.15) is 0 Å². The molecule has 7 heteroatoms. The van der Waals surface area contributed by atoms with Gasteiger partial charge in [0.05, 0.1) is 36.4 Å². The first-order valence-electron chi connectivity index (χ1n) is 8.60. The molecular weight excluding hydrogens is 340 g/mol. The first-order valence-corrected chi connectivity index (χ1v) is 8.98. The minimum atomic E-state index is -0.0848. The van der Waals surface area contributed by atoms with E-state index in [4.69, 9.17) is 16.3 Å². The standard InChI is InChI=1S/C18H23ClN4O2/c1-2-17-16(13-21-23(17)15-5-3-4-14(19)12-15)18(24)20-6-7-22-8-10-25-11-9-22/h3-5,12-13H,2,6-11H2,1H3,(H,20,24). The molecule has 2 heterocycles. The molecule has 0 bridgehead atoms. The number of nitrogens with one attached hydrogen (secondary N) is 1. The molecule has 0 saturated carbocycles. The molecule has 1 aliphatic heterocycles. The highest BCUT2D eigenvalue weighted by atomic mass is 35.5. The Balaban J connectivity index is 1.66. The molecule has 134 valence electrons. The van der Waals surface area contributed by atoms with Crippen LogP contribution in [-0.4, -0.2) is 60.0 Å². The second-order valence-corrected chi connectivity index (χ2v) is 6.40. The van der Waals surface area contributed by atoms with Gasteiger partial charge in [-0.25, -0.2) is 4.68 Å². The first-order chi connectivity index (χ1) is 12.2. The van der Waals surface area contributed by atoms with E-state index in [1.54, 1.807) is 10.9 Å². The smallest absolute Gasteiger partial charge is 0.254 e. The lowest BCUT2D eigenvalue weighted by Gasteiger charge is -2.26. The summed E-state index contributed by atoms with van der Waals surface area (Å²) in [4.78, 5) is 14.8. The Morgan fingerprint density at radius 2 is 2.16 bits per heavy atom. The van der Waals surface area contributed by atoms with Gasteiger partial charge < -0.3 is 10.1 Å². The third-order valence-electron chi connectivity index (χ3n) is 4.32. The maximum Gasteiger partial charge on any atom is 0.254 e. The molecule has 1 saturated heterocycles. The van der Waals surface area contributed by atoms with Crippen LogP contribution < -0.4 is 5.32 Å². The third-order valence-corrected chi connectivity index (χ3v) is 4.55. The number of amides is 1. The Hall–Kier alpha value is -1.89. The maximum atomic E-state index is 12.5. The predicted molar refractivity (Wildman–Crippen MR) is 97.5 cm³/mol. The minimum Gasteiger partial charge on any atom is -0.379 e. The number of hydrogen-bond donors (Lipinski definition) is 1. The van der Waals surface area contributed by atoms with E-state index in [9.17, 15) is 4.79 Å². The van der Waals surface area contributed by atoms with Gasteiger partial charge in [-0.3, -0.25) is 9.69 Å². The van der Waals surface area contributed by atoms with E-state index in [1.165, 1.54) is 0 Å². The highest BCUT2D eigenvalue weighted by Crippen LogP contribution is 2.19. The summed E-state index contributed by atoms with van der Waals surface area (Å²) in [6.45, 7) is 6.83. The van der Waals surface area contributed by atoms with Crippen molar-refractivity contribution in [1.29, 1.82) is 0 Å². The number of nitrogens with zero attached hydrogens (tertiary/aromatic N) is 3. The number of carbonyl (C=O) groups is 1. The number of benzene rings is 1. The number of rotatable bonds is 6. The van der Waals surface area contributed by atoms with Crippen LogP contribution in [0.4, 0.5) is 0 Å². The molecule has 0 aliphatic carbocycles. The van der Waals surface area contributed by atoms with E-state index in [0.717, 1.165) is 44.2 Å². The van der Waals surface area contributed by atoms with E-state index in [1.807, 2.05) is 31.2 Å². The molecule has 25 heavy (non-hydrogen) atoms. The maximum absolute atomic E-state index is 12.5. The van der Waals surface area contributed by atoms with E-state index in [-0.39, 0.29) is 5.91 Å². The summed E-state index contributed by atoms with van der Waals surface area (Å²) in [5, 5.41) is 8.03. The zero-order valence-electron chi connectivity index (χ0n) is 14.4. The van der Waals surface area contributed by atoms with Crippen LogP contribution in [0.2, 0.25) is 5.02 Å². The first kappa shape index (κ1) is 17.9. The molecule has 0 spiro atoms. The molecule has 1 aromatic heterocycles.